The Labute approximate surface area is 164 Å². The van der Waals surface area contributed by atoms with Crippen LogP contribution in [0.3, 0.4) is 0 Å². The predicted molar refractivity (Wildman–Crippen MR) is 108 cm³/mol. The maximum Gasteiger partial charge on any atom is 0.223 e. The van der Waals surface area contributed by atoms with Crippen molar-refractivity contribution in [3.63, 3.8) is 0 Å². The summed E-state index contributed by atoms with van der Waals surface area (Å²) in [6.07, 6.45) is 7.83. The smallest absolute Gasteiger partial charge is 0.223 e. The molecule has 1 aliphatic rings. The highest BCUT2D eigenvalue weighted by Crippen LogP contribution is 2.31. The Bertz CT molecular complexity index is 934. The molecule has 0 unspecified atom stereocenters. The molecule has 1 atom stereocenters. The lowest BCUT2D eigenvalue weighted by Crippen LogP contribution is -2.25. The molecule has 0 radical (unpaired) electrons. The number of ether oxygens (including phenoxy) is 2. The van der Waals surface area contributed by atoms with Gasteiger partial charge in [0.05, 0.1) is 13.7 Å². The molecule has 0 aliphatic carbocycles. The topological polar surface area (TPSA) is 74.1 Å². The molecule has 0 spiro atoms. The highest BCUT2D eigenvalue weighted by atomic mass is 16.5. The molecule has 1 fully saturated rings. The van der Waals surface area contributed by atoms with Gasteiger partial charge in [-0.1, -0.05) is 12.1 Å². The van der Waals surface area contributed by atoms with Crippen molar-refractivity contribution in [2.45, 2.75) is 12.8 Å². The fourth-order valence-electron chi connectivity index (χ4n) is 3.44. The van der Waals surface area contributed by atoms with E-state index in [-0.39, 0.29) is 0 Å². The third kappa shape index (κ3) is 3.99. The van der Waals surface area contributed by atoms with Crippen molar-refractivity contribution in [1.29, 1.82) is 0 Å². The molecule has 3 aromatic rings. The van der Waals surface area contributed by atoms with Crippen LogP contribution in [-0.4, -0.2) is 46.4 Å². The molecule has 3 heterocycles. The van der Waals surface area contributed by atoms with Crippen molar-refractivity contribution in [2.24, 2.45) is 13.0 Å². The molecule has 1 N–H and O–H groups in total. The largest absolute Gasteiger partial charge is 0.497 e. The van der Waals surface area contributed by atoms with E-state index in [0.717, 1.165) is 54.6 Å². The van der Waals surface area contributed by atoms with Gasteiger partial charge in [0, 0.05) is 44.4 Å². The van der Waals surface area contributed by atoms with Crippen LogP contribution in [0, 0.1) is 5.92 Å². The number of nitrogens with one attached hydrogen (secondary N) is 1. The molecule has 2 aromatic heterocycles. The standard InChI is InChI=1S/C21H25N5O2/c1-26-9-8-22-20(26)19-18(16-6-3-7-17(11-16)27-2)13-24-21(25-19)23-12-15-5-4-10-28-14-15/h3,6-9,11,13,15H,4-5,10,12,14H2,1-2H3,(H,23,24,25)/t15-/m1/s1. The van der Waals surface area contributed by atoms with E-state index >= 15 is 0 Å². The number of methoxy groups -OCH3 is 1. The highest BCUT2D eigenvalue weighted by molar-refractivity contribution is 5.78. The van der Waals surface area contributed by atoms with Gasteiger partial charge in [-0.25, -0.2) is 15.0 Å². The molecule has 1 saturated heterocycles. The van der Waals surface area contributed by atoms with Gasteiger partial charge >= 0.3 is 0 Å². The Morgan fingerprint density at radius 2 is 2.25 bits per heavy atom. The van der Waals surface area contributed by atoms with Crippen molar-refractivity contribution < 1.29 is 9.47 Å². The first kappa shape index (κ1) is 18.4. The molecule has 0 saturated carbocycles. The Morgan fingerprint density at radius 3 is 3.00 bits per heavy atom. The minimum atomic E-state index is 0.493. The SMILES string of the molecule is COc1cccc(-c2cnc(NC[C@H]3CCCOC3)nc2-c2nccn2C)c1. The summed E-state index contributed by atoms with van der Waals surface area (Å²) in [5.41, 5.74) is 2.70. The fraction of sp³-hybridized carbons (Fsp3) is 0.381. The van der Waals surface area contributed by atoms with Gasteiger partial charge < -0.3 is 19.4 Å². The lowest BCUT2D eigenvalue weighted by molar-refractivity contribution is 0.0594. The summed E-state index contributed by atoms with van der Waals surface area (Å²) in [6, 6.07) is 7.90. The summed E-state index contributed by atoms with van der Waals surface area (Å²) in [5.74, 6) is 2.69. The molecule has 146 valence electrons. The second-order valence-corrected chi connectivity index (χ2v) is 7.01. The quantitative estimate of drug-likeness (QED) is 0.708. The summed E-state index contributed by atoms with van der Waals surface area (Å²) in [5, 5.41) is 3.37. The number of aryl methyl sites for hydroxylation is 1. The maximum atomic E-state index is 5.56. The van der Waals surface area contributed by atoms with E-state index < -0.39 is 0 Å². The Hall–Kier alpha value is -2.93. The molecule has 1 aliphatic heterocycles. The molecule has 7 heteroatoms. The van der Waals surface area contributed by atoms with Gasteiger partial charge in [0.2, 0.25) is 5.95 Å². The minimum absolute atomic E-state index is 0.493. The molecule has 7 nitrogen and oxygen atoms in total. The van der Waals surface area contributed by atoms with Crippen LogP contribution in [0.2, 0.25) is 0 Å². The van der Waals surface area contributed by atoms with Gasteiger partial charge in [-0.15, -0.1) is 0 Å². The van der Waals surface area contributed by atoms with Crippen LogP contribution in [0.5, 0.6) is 5.75 Å². The van der Waals surface area contributed by atoms with E-state index in [1.54, 1.807) is 13.3 Å². The molecule has 0 bridgehead atoms. The van der Waals surface area contributed by atoms with Crippen molar-refractivity contribution >= 4 is 5.95 Å². The highest BCUT2D eigenvalue weighted by Gasteiger charge is 2.17. The second kappa shape index (κ2) is 8.39. The number of rotatable bonds is 6. The van der Waals surface area contributed by atoms with Crippen molar-refractivity contribution in [1.82, 2.24) is 19.5 Å². The Morgan fingerprint density at radius 1 is 1.32 bits per heavy atom. The van der Waals surface area contributed by atoms with E-state index in [0.29, 0.717) is 11.9 Å². The monoisotopic (exact) mass is 379 g/mol. The van der Waals surface area contributed by atoms with Crippen LogP contribution >= 0.6 is 0 Å². The van der Waals surface area contributed by atoms with Gasteiger partial charge in [0.15, 0.2) is 5.82 Å². The van der Waals surface area contributed by atoms with Gasteiger partial charge in [0.1, 0.15) is 11.4 Å². The summed E-state index contributed by atoms with van der Waals surface area (Å²) < 4.78 is 12.9. The summed E-state index contributed by atoms with van der Waals surface area (Å²) in [7, 11) is 3.63. The normalized spacial score (nSPS) is 16.7. The number of hydrogen-bond acceptors (Lipinski definition) is 6. The first-order chi connectivity index (χ1) is 13.7. The molecule has 1 aromatic carbocycles. The molecular weight excluding hydrogens is 354 g/mol. The zero-order valence-electron chi connectivity index (χ0n) is 16.3. The van der Waals surface area contributed by atoms with Crippen LogP contribution in [0.25, 0.3) is 22.6 Å². The molecular formula is C21H25N5O2. The fourth-order valence-corrected chi connectivity index (χ4v) is 3.44. The Balaban J connectivity index is 1.67. The lowest BCUT2D eigenvalue weighted by Gasteiger charge is -2.22. The first-order valence-corrected chi connectivity index (χ1v) is 9.55. The summed E-state index contributed by atoms with van der Waals surface area (Å²) in [6.45, 7) is 2.46. The van der Waals surface area contributed by atoms with Crippen LogP contribution in [0.4, 0.5) is 5.95 Å². The van der Waals surface area contributed by atoms with Gasteiger partial charge in [-0.05, 0) is 36.5 Å². The number of benzene rings is 1. The number of nitrogens with zero attached hydrogens (tertiary/aromatic N) is 4. The van der Waals surface area contributed by atoms with Crippen molar-refractivity contribution in [3.8, 4) is 28.4 Å². The number of anilines is 1. The second-order valence-electron chi connectivity index (χ2n) is 7.01. The van der Waals surface area contributed by atoms with E-state index in [1.807, 2.05) is 48.3 Å². The summed E-state index contributed by atoms with van der Waals surface area (Å²) in [4.78, 5) is 13.9. The minimum Gasteiger partial charge on any atom is -0.497 e. The van der Waals surface area contributed by atoms with Crippen LogP contribution in [0.1, 0.15) is 12.8 Å². The lowest BCUT2D eigenvalue weighted by atomic mass is 10.0. The molecule has 4 rings (SSSR count). The van der Waals surface area contributed by atoms with E-state index in [9.17, 15) is 0 Å². The Kier molecular flexibility index (Phi) is 5.53. The van der Waals surface area contributed by atoms with E-state index in [2.05, 4.69) is 15.3 Å². The van der Waals surface area contributed by atoms with Gasteiger partial charge in [-0.3, -0.25) is 0 Å². The number of hydrogen-bond donors (Lipinski definition) is 1. The van der Waals surface area contributed by atoms with Crippen LogP contribution < -0.4 is 10.1 Å². The number of imidazole rings is 1. The molecule has 28 heavy (non-hydrogen) atoms. The average molecular weight is 379 g/mol. The summed E-state index contributed by atoms with van der Waals surface area (Å²) >= 11 is 0. The van der Waals surface area contributed by atoms with Crippen LogP contribution in [-0.2, 0) is 11.8 Å². The van der Waals surface area contributed by atoms with Gasteiger partial charge in [-0.2, -0.15) is 0 Å². The van der Waals surface area contributed by atoms with E-state index in [1.165, 1.54) is 6.42 Å². The first-order valence-electron chi connectivity index (χ1n) is 9.55. The van der Waals surface area contributed by atoms with E-state index in [4.69, 9.17) is 14.5 Å². The third-order valence-electron chi connectivity index (χ3n) is 5.01. The van der Waals surface area contributed by atoms with Crippen molar-refractivity contribution in [3.05, 3.63) is 42.9 Å². The zero-order chi connectivity index (χ0) is 19.3. The van der Waals surface area contributed by atoms with Gasteiger partial charge in [0.25, 0.3) is 0 Å². The van der Waals surface area contributed by atoms with Crippen LogP contribution in [0.15, 0.2) is 42.9 Å². The van der Waals surface area contributed by atoms with Crippen molar-refractivity contribution in [2.75, 3.05) is 32.2 Å². The maximum absolute atomic E-state index is 5.56. The predicted octanol–water partition coefficient (Wildman–Crippen LogP) is 3.39. The average Bonchev–Trinajstić information content (AvgIpc) is 3.18. The zero-order valence-corrected chi connectivity index (χ0v) is 16.3. The molecule has 0 amide bonds. The number of aromatic nitrogens is 4. The third-order valence-corrected chi connectivity index (χ3v) is 5.01.